The molecular formula is C21H37IN4O. The third-order valence-corrected chi connectivity index (χ3v) is 5.07. The lowest BCUT2D eigenvalue weighted by molar-refractivity contribution is 0.0646. The van der Waals surface area contributed by atoms with Gasteiger partial charge in [-0.05, 0) is 45.6 Å². The zero-order valence-electron chi connectivity index (χ0n) is 17.3. The summed E-state index contributed by atoms with van der Waals surface area (Å²) in [5.41, 5.74) is 1.23. The molecule has 27 heavy (non-hydrogen) atoms. The van der Waals surface area contributed by atoms with Crippen molar-refractivity contribution in [3.63, 3.8) is 0 Å². The molecule has 0 saturated carbocycles. The van der Waals surface area contributed by atoms with Gasteiger partial charge >= 0.3 is 0 Å². The molecule has 1 aromatic rings. The molecule has 2 N–H and O–H groups in total. The molecule has 154 valence electrons. The molecule has 1 heterocycles. The van der Waals surface area contributed by atoms with Gasteiger partial charge in [-0.2, -0.15) is 0 Å². The maximum absolute atomic E-state index is 5.92. The van der Waals surface area contributed by atoms with Crippen molar-refractivity contribution in [3.8, 4) is 0 Å². The Balaban J connectivity index is 0.00000364. The first-order valence-corrected chi connectivity index (χ1v) is 9.98. The predicted molar refractivity (Wildman–Crippen MR) is 125 cm³/mol. The number of hydrogen-bond acceptors (Lipinski definition) is 3. The van der Waals surface area contributed by atoms with Crippen LogP contribution in [0.4, 0.5) is 0 Å². The SMILES string of the molecule is CN=C(NCCCOC(C)c1ccccc1)NC1CCN(C(C)C)CC1.I. The van der Waals surface area contributed by atoms with E-state index in [4.69, 9.17) is 4.74 Å². The predicted octanol–water partition coefficient (Wildman–Crippen LogP) is 3.81. The summed E-state index contributed by atoms with van der Waals surface area (Å²) in [5.74, 6) is 0.907. The first-order chi connectivity index (χ1) is 12.6. The number of benzene rings is 1. The quantitative estimate of drug-likeness (QED) is 0.253. The molecule has 1 aromatic carbocycles. The summed E-state index contributed by atoms with van der Waals surface area (Å²) in [6.45, 7) is 10.6. The average Bonchev–Trinajstić information content (AvgIpc) is 2.67. The number of piperidine rings is 1. The highest BCUT2D eigenvalue weighted by atomic mass is 127. The largest absolute Gasteiger partial charge is 0.374 e. The van der Waals surface area contributed by atoms with E-state index in [0.29, 0.717) is 12.1 Å². The topological polar surface area (TPSA) is 48.9 Å². The van der Waals surface area contributed by atoms with E-state index >= 15 is 0 Å². The molecule has 1 saturated heterocycles. The number of halogens is 1. The van der Waals surface area contributed by atoms with Crippen LogP contribution in [0.1, 0.15) is 51.7 Å². The molecule has 5 nitrogen and oxygen atoms in total. The summed E-state index contributed by atoms with van der Waals surface area (Å²) < 4.78 is 5.92. The first kappa shape index (κ1) is 24.2. The maximum atomic E-state index is 5.92. The van der Waals surface area contributed by atoms with E-state index in [-0.39, 0.29) is 30.1 Å². The van der Waals surface area contributed by atoms with Gasteiger partial charge in [-0.1, -0.05) is 30.3 Å². The second-order valence-corrected chi connectivity index (χ2v) is 7.32. The Kier molecular flexibility index (Phi) is 11.9. The van der Waals surface area contributed by atoms with Crippen LogP contribution in [0.15, 0.2) is 35.3 Å². The summed E-state index contributed by atoms with van der Waals surface area (Å²) >= 11 is 0. The molecule has 0 radical (unpaired) electrons. The highest BCUT2D eigenvalue weighted by molar-refractivity contribution is 14.0. The molecule has 1 atom stereocenters. The van der Waals surface area contributed by atoms with Gasteiger partial charge in [0.05, 0.1) is 6.10 Å². The van der Waals surface area contributed by atoms with Crippen LogP contribution in [0, 0.1) is 0 Å². The second kappa shape index (κ2) is 13.3. The lowest BCUT2D eigenvalue weighted by Crippen LogP contribution is -2.50. The standard InChI is InChI=1S/C21H36N4O.HI/c1-17(2)25-14-11-20(12-15-25)24-21(22-4)23-13-8-16-26-18(3)19-9-6-5-7-10-19;/h5-7,9-10,17-18,20H,8,11-16H2,1-4H3,(H2,22,23,24);1H. The Morgan fingerprint density at radius 3 is 2.44 bits per heavy atom. The van der Waals surface area contributed by atoms with Crippen molar-refractivity contribution in [2.24, 2.45) is 4.99 Å². The van der Waals surface area contributed by atoms with E-state index in [1.807, 2.05) is 13.1 Å². The summed E-state index contributed by atoms with van der Waals surface area (Å²) in [6, 6.07) is 11.5. The fraction of sp³-hybridized carbons (Fsp3) is 0.667. The van der Waals surface area contributed by atoms with E-state index in [2.05, 4.69) is 65.6 Å². The molecule has 0 spiro atoms. The van der Waals surface area contributed by atoms with Gasteiger partial charge in [-0.15, -0.1) is 24.0 Å². The zero-order chi connectivity index (χ0) is 18.8. The van der Waals surface area contributed by atoms with Crippen molar-refractivity contribution in [1.29, 1.82) is 0 Å². The normalized spacial score (nSPS) is 17.4. The van der Waals surface area contributed by atoms with Crippen molar-refractivity contribution in [2.75, 3.05) is 33.3 Å². The van der Waals surface area contributed by atoms with Gasteiger partial charge in [-0.3, -0.25) is 4.99 Å². The van der Waals surface area contributed by atoms with Gasteiger partial charge in [-0.25, -0.2) is 0 Å². The van der Waals surface area contributed by atoms with Crippen molar-refractivity contribution in [1.82, 2.24) is 15.5 Å². The Morgan fingerprint density at radius 1 is 1.19 bits per heavy atom. The molecule has 1 aliphatic rings. The van der Waals surface area contributed by atoms with Gasteiger partial charge in [0.25, 0.3) is 0 Å². The summed E-state index contributed by atoms with van der Waals surface area (Å²) in [7, 11) is 1.84. The molecule has 0 bridgehead atoms. The van der Waals surface area contributed by atoms with E-state index < -0.39 is 0 Å². The molecule has 0 aliphatic carbocycles. The second-order valence-electron chi connectivity index (χ2n) is 7.32. The number of nitrogens with one attached hydrogen (secondary N) is 2. The van der Waals surface area contributed by atoms with Gasteiger partial charge in [0.2, 0.25) is 0 Å². The third kappa shape index (κ3) is 8.79. The van der Waals surface area contributed by atoms with E-state index in [1.165, 1.54) is 18.4 Å². The van der Waals surface area contributed by atoms with E-state index in [0.717, 1.165) is 38.6 Å². The number of rotatable bonds is 8. The van der Waals surface area contributed by atoms with Gasteiger partial charge in [0.15, 0.2) is 5.96 Å². The Morgan fingerprint density at radius 2 is 1.85 bits per heavy atom. The lowest BCUT2D eigenvalue weighted by atomic mass is 10.0. The van der Waals surface area contributed by atoms with Crippen molar-refractivity contribution < 1.29 is 4.74 Å². The van der Waals surface area contributed by atoms with Crippen LogP contribution in [-0.4, -0.2) is 56.2 Å². The molecule has 0 aromatic heterocycles. The molecular weight excluding hydrogens is 451 g/mol. The van der Waals surface area contributed by atoms with Crippen molar-refractivity contribution in [3.05, 3.63) is 35.9 Å². The number of aliphatic imine (C=N–C) groups is 1. The summed E-state index contributed by atoms with van der Waals surface area (Å²) in [5, 5.41) is 6.97. The van der Waals surface area contributed by atoms with Gasteiger partial charge in [0.1, 0.15) is 0 Å². The molecule has 0 amide bonds. The van der Waals surface area contributed by atoms with Crippen molar-refractivity contribution >= 4 is 29.9 Å². The van der Waals surface area contributed by atoms with E-state index in [9.17, 15) is 0 Å². The van der Waals surface area contributed by atoms with E-state index in [1.54, 1.807) is 0 Å². The Labute approximate surface area is 182 Å². The van der Waals surface area contributed by atoms with Gasteiger partial charge < -0.3 is 20.3 Å². The third-order valence-electron chi connectivity index (χ3n) is 5.07. The fourth-order valence-corrected chi connectivity index (χ4v) is 3.31. The van der Waals surface area contributed by atoms with Crippen LogP contribution in [0.3, 0.4) is 0 Å². The van der Waals surface area contributed by atoms with Crippen LogP contribution < -0.4 is 10.6 Å². The highest BCUT2D eigenvalue weighted by Crippen LogP contribution is 2.16. The van der Waals surface area contributed by atoms with Crippen LogP contribution in [0.25, 0.3) is 0 Å². The lowest BCUT2D eigenvalue weighted by Gasteiger charge is -2.35. The summed E-state index contributed by atoms with van der Waals surface area (Å²) in [6.07, 6.45) is 3.45. The molecule has 1 aliphatic heterocycles. The minimum absolute atomic E-state index is 0. The number of ether oxygens (including phenoxy) is 1. The fourth-order valence-electron chi connectivity index (χ4n) is 3.31. The first-order valence-electron chi connectivity index (χ1n) is 9.98. The van der Waals surface area contributed by atoms with Gasteiger partial charge in [0, 0.05) is 45.4 Å². The average molecular weight is 488 g/mol. The number of likely N-dealkylation sites (tertiary alicyclic amines) is 1. The van der Waals surface area contributed by atoms with Crippen LogP contribution in [0.5, 0.6) is 0 Å². The van der Waals surface area contributed by atoms with Crippen LogP contribution >= 0.6 is 24.0 Å². The van der Waals surface area contributed by atoms with Crippen LogP contribution in [-0.2, 0) is 4.74 Å². The maximum Gasteiger partial charge on any atom is 0.191 e. The van der Waals surface area contributed by atoms with Crippen LogP contribution in [0.2, 0.25) is 0 Å². The smallest absolute Gasteiger partial charge is 0.191 e. The molecule has 1 fully saturated rings. The van der Waals surface area contributed by atoms with Crippen molar-refractivity contribution in [2.45, 2.75) is 58.2 Å². The highest BCUT2D eigenvalue weighted by Gasteiger charge is 2.21. The number of nitrogens with zero attached hydrogens (tertiary/aromatic N) is 2. The zero-order valence-corrected chi connectivity index (χ0v) is 19.6. The Hall–Kier alpha value is -0.860. The minimum atomic E-state index is 0. The minimum Gasteiger partial charge on any atom is -0.374 e. The Bertz CT molecular complexity index is 530. The monoisotopic (exact) mass is 488 g/mol. The molecule has 6 heteroatoms. The molecule has 2 rings (SSSR count). The number of hydrogen-bond donors (Lipinski definition) is 2. The molecule has 1 unspecified atom stereocenters. The summed E-state index contributed by atoms with van der Waals surface area (Å²) in [4.78, 5) is 6.90. The number of guanidine groups is 1.